The van der Waals surface area contributed by atoms with Crippen molar-refractivity contribution in [2.45, 2.75) is 38.1 Å². The van der Waals surface area contributed by atoms with Gasteiger partial charge in [-0.05, 0) is 68.3 Å². The standard InChI is InChI=1S/C20H27N5O2/c26-18-5-1-4-17(11-18)16-6-9-24(10-7-16)20(27)19-14-25(23-22-19)13-15-3-2-8-21-12-15/h1,4-5,11,14-16,21,26H,2-3,6-10,12-13H2. The van der Waals surface area contributed by atoms with Crippen LogP contribution in [0.5, 0.6) is 5.75 Å². The van der Waals surface area contributed by atoms with Crippen LogP contribution in [0.15, 0.2) is 30.5 Å². The van der Waals surface area contributed by atoms with Crippen LogP contribution in [-0.4, -0.2) is 57.1 Å². The van der Waals surface area contributed by atoms with E-state index >= 15 is 0 Å². The van der Waals surface area contributed by atoms with E-state index in [1.165, 1.54) is 12.8 Å². The lowest BCUT2D eigenvalue weighted by molar-refractivity contribution is 0.0707. The average Bonchev–Trinajstić information content (AvgIpc) is 3.17. The number of amides is 1. The van der Waals surface area contributed by atoms with Crippen LogP contribution >= 0.6 is 0 Å². The van der Waals surface area contributed by atoms with Crippen molar-refractivity contribution in [3.8, 4) is 5.75 Å². The fourth-order valence-electron chi connectivity index (χ4n) is 4.19. The van der Waals surface area contributed by atoms with Crippen LogP contribution in [0.4, 0.5) is 0 Å². The Morgan fingerprint density at radius 2 is 2.11 bits per heavy atom. The lowest BCUT2D eigenvalue weighted by Gasteiger charge is -2.31. The number of piperidine rings is 2. The second-order valence-corrected chi connectivity index (χ2v) is 7.70. The summed E-state index contributed by atoms with van der Waals surface area (Å²) in [6.45, 7) is 4.33. The zero-order valence-electron chi connectivity index (χ0n) is 15.5. The Morgan fingerprint density at radius 1 is 1.26 bits per heavy atom. The molecule has 0 aliphatic carbocycles. The molecule has 1 unspecified atom stereocenters. The van der Waals surface area contributed by atoms with Crippen molar-refractivity contribution in [3.05, 3.63) is 41.7 Å². The van der Waals surface area contributed by atoms with Crippen molar-refractivity contribution in [3.63, 3.8) is 0 Å². The molecule has 1 aromatic heterocycles. The molecule has 27 heavy (non-hydrogen) atoms. The van der Waals surface area contributed by atoms with Gasteiger partial charge in [-0.1, -0.05) is 17.3 Å². The number of carbonyl (C=O) groups excluding carboxylic acids is 1. The molecule has 4 rings (SSSR count). The van der Waals surface area contributed by atoms with E-state index < -0.39 is 0 Å². The van der Waals surface area contributed by atoms with Gasteiger partial charge in [-0.15, -0.1) is 5.10 Å². The fraction of sp³-hybridized carbons (Fsp3) is 0.550. The number of rotatable bonds is 4. The Morgan fingerprint density at radius 3 is 2.85 bits per heavy atom. The highest BCUT2D eigenvalue weighted by molar-refractivity contribution is 5.92. The number of benzene rings is 1. The van der Waals surface area contributed by atoms with Crippen LogP contribution < -0.4 is 5.32 Å². The number of hydrogen-bond acceptors (Lipinski definition) is 5. The maximum Gasteiger partial charge on any atom is 0.276 e. The summed E-state index contributed by atoms with van der Waals surface area (Å²) >= 11 is 0. The van der Waals surface area contributed by atoms with Crippen LogP contribution in [0, 0.1) is 5.92 Å². The highest BCUT2D eigenvalue weighted by Crippen LogP contribution is 2.30. The van der Waals surface area contributed by atoms with Gasteiger partial charge in [0, 0.05) is 19.6 Å². The summed E-state index contributed by atoms with van der Waals surface area (Å²) < 4.78 is 1.81. The molecular formula is C20H27N5O2. The maximum absolute atomic E-state index is 12.8. The van der Waals surface area contributed by atoms with E-state index in [1.807, 2.05) is 27.8 Å². The second kappa shape index (κ2) is 8.08. The third-order valence-corrected chi connectivity index (χ3v) is 5.73. The number of phenols is 1. The zero-order chi connectivity index (χ0) is 18.6. The summed E-state index contributed by atoms with van der Waals surface area (Å²) in [7, 11) is 0. The van der Waals surface area contributed by atoms with E-state index in [4.69, 9.17) is 0 Å². The van der Waals surface area contributed by atoms with Crippen molar-refractivity contribution in [2.24, 2.45) is 5.92 Å². The maximum atomic E-state index is 12.8. The number of carbonyl (C=O) groups is 1. The van der Waals surface area contributed by atoms with Crippen LogP contribution in [0.3, 0.4) is 0 Å². The number of aromatic hydroxyl groups is 1. The van der Waals surface area contributed by atoms with Crippen molar-refractivity contribution >= 4 is 5.91 Å². The highest BCUT2D eigenvalue weighted by atomic mass is 16.3. The predicted octanol–water partition coefficient (Wildman–Crippen LogP) is 2.00. The van der Waals surface area contributed by atoms with Crippen molar-refractivity contribution in [2.75, 3.05) is 26.2 Å². The fourth-order valence-corrected chi connectivity index (χ4v) is 4.19. The lowest BCUT2D eigenvalue weighted by atomic mass is 9.89. The average molecular weight is 369 g/mol. The summed E-state index contributed by atoms with van der Waals surface area (Å²) in [5, 5.41) is 21.3. The first-order chi connectivity index (χ1) is 13.2. The molecule has 3 heterocycles. The Labute approximate surface area is 159 Å². The van der Waals surface area contributed by atoms with Gasteiger partial charge in [0.1, 0.15) is 5.75 Å². The van der Waals surface area contributed by atoms with Gasteiger partial charge in [0.05, 0.1) is 6.20 Å². The third kappa shape index (κ3) is 4.30. The van der Waals surface area contributed by atoms with E-state index in [0.29, 0.717) is 36.4 Å². The molecule has 144 valence electrons. The van der Waals surface area contributed by atoms with E-state index in [2.05, 4.69) is 15.6 Å². The first-order valence-corrected chi connectivity index (χ1v) is 9.88. The number of aromatic nitrogens is 3. The second-order valence-electron chi connectivity index (χ2n) is 7.70. The van der Waals surface area contributed by atoms with E-state index in [9.17, 15) is 9.90 Å². The van der Waals surface area contributed by atoms with Gasteiger partial charge >= 0.3 is 0 Å². The number of nitrogens with zero attached hydrogens (tertiary/aromatic N) is 4. The molecule has 2 saturated heterocycles. The first kappa shape index (κ1) is 18.0. The molecule has 1 amide bonds. The quantitative estimate of drug-likeness (QED) is 0.861. The van der Waals surface area contributed by atoms with Gasteiger partial charge in [-0.3, -0.25) is 9.48 Å². The Bertz CT molecular complexity index is 776. The van der Waals surface area contributed by atoms with Crippen molar-refractivity contribution in [1.82, 2.24) is 25.2 Å². The molecule has 2 fully saturated rings. The van der Waals surface area contributed by atoms with Crippen molar-refractivity contribution < 1.29 is 9.90 Å². The molecule has 2 aliphatic rings. The molecule has 2 aromatic rings. The largest absolute Gasteiger partial charge is 0.508 e. The summed E-state index contributed by atoms with van der Waals surface area (Å²) in [4.78, 5) is 14.6. The minimum atomic E-state index is -0.0302. The molecule has 0 radical (unpaired) electrons. The SMILES string of the molecule is O=C(c1cn(CC2CCCNC2)nn1)N1CCC(c2cccc(O)c2)CC1. The monoisotopic (exact) mass is 369 g/mol. The first-order valence-electron chi connectivity index (χ1n) is 9.88. The Balaban J connectivity index is 1.32. The highest BCUT2D eigenvalue weighted by Gasteiger charge is 2.26. The molecular weight excluding hydrogens is 342 g/mol. The van der Waals surface area contributed by atoms with Crippen LogP contribution in [0.1, 0.15) is 47.7 Å². The minimum absolute atomic E-state index is 0.0302. The van der Waals surface area contributed by atoms with E-state index in [1.54, 1.807) is 12.3 Å². The normalized spacial score (nSPS) is 21.3. The lowest BCUT2D eigenvalue weighted by Crippen LogP contribution is -2.38. The van der Waals surface area contributed by atoms with Gasteiger partial charge in [0.15, 0.2) is 5.69 Å². The summed E-state index contributed by atoms with van der Waals surface area (Å²) in [5.74, 6) is 1.21. The van der Waals surface area contributed by atoms with Crippen LogP contribution in [0.25, 0.3) is 0 Å². The molecule has 0 spiro atoms. The molecule has 0 bridgehead atoms. The summed E-state index contributed by atoms with van der Waals surface area (Å²) in [6.07, 6.45) is 5.98. The van der Waals surface area contributed by atoms with E-state index in [-0.39, 0.29) is 5.91 Å². The van der Waals surface area contributed by atoms with Gasteiger partial charge in [0.25, 0.3) is 5.91 Å². The summed E-state index contributed by atoms with van der Waals surface area (Å²) in [5.41, 5.74) is 1.59. The number of phenolic OH excluding ortho intramolecular Hbond substituents is 1. The van der Waals surface area contributed by atoms with Crippen LogP contribution in [0.2, 0.25) is 0 Å². The Hall–Kier alpha value is -2.41. The zero-order valence-corrected chi connectivity index (χ0v) is 15.5. The molecule has 2 N–H and O–H groups in total. The number of nitrogens with one attached hydrogen (secondary N) is 1. The smallest absolute Gasteiger partial charge is 0.276 e. The predicted molar refractivity (Wildman–Crippen MR) is 102 cm³/mol. The van der Waals surface area contributed by atoms with Crippen molar-refractivity contribution in [1.29, 1.82) is 0 Å². The third-order valence-electron chi connectivity index (χ3n) is 5.73. The van der Waals surface area contributed by atoms with Gasteiger partial charge in [-0.2, -0.15) is 0 Å². The van der Waals surface area contributed by atoms with Gasteiger partial charge in [-0.25, -0.2) is 0 Å². The van der Waals surface area contributed by atoms with Crippen LogP contribution in [-0.2, 0) is 6.54 Å². The molecule has 7 nitrogen and oxygen atoms in total. The molecule has 0 saturated carbocycles. The Kier molecular flexibility index (Phi) is 5.38. The molecule has 1 atom stereocenters. The number of likely N-dealkylation sites (tertiary alicyclic amines) is 1. The minimum Gasteiger partial charge on any atom is -0.508 e. The van der Waals surface area contributed by atoms with Gasteiger partial charge in [0.2, 0.25) is 0 Å². The number of hydrogen-bond donors (Lipinski definition) is 2. The molecule has 2 aliphatic heterocycles. The molecule has 1 aromatic carbocycles. The summed E-state index contributed by atoms with van der Waals surface area (Å²) in [6, 6.07) is 7.44. The van der Waals surface area contributed by atoms with Gasteiger partial charge < -0.3 is 15.3 Å². The molecule has 7 heteroatoms. The topological polar surface area (TPSA) is 83.3 Å². The van der Waals surface area contributed by atoms with E-state index in [0.717, 1.165) is 38.0 Å².